The molecule has 5 unspecified atom stereocenters. The average Bonchev–Trinajstić information content (AvgIpc) is 3.61. The first-order valence-electron chi connectivity index (χ1n) is 18.7. The van der Waals surface area contributed by atoms with Gasteiger partial charge in [-0.15, -0.1) is 0 Å². The maximum atomic E-state index is 2.57. The summed E-state index contributed by atoms with van der Waals surface area (Å²) in [5.74, 6) is 3.09. The third-order valence-corrected chi connectivity index (χ3v) is 14.8. The van der Waals surface area contributed by atoms with E-state index in [4.69, 9.17) is 0 Å². The summed E-state index contributed by atoms with van der Waals surface area (Å²) in [6, 6.07) is 47.0. The molecule has 0 radical (unpaired) electrons. The first-order chi connectivity index (χ1) is 24.2. The number of hydrogen-bond acceptors (Lipinski definition) is 0. The van der Waals surface area contributed by atoms with Crippen molar-refractivity contribution in [2.24, 2.45) is 23.7 Å². The van der Waals surface area contributed by atoms with E-state index in [0.29, 0.717) is 5.92 Å². The molecule has 6 aromatic carbocycles. The summed E-state index contributed by atoms with van der Waals surface area (Å²) < 4.78 is 2.48. The van der Waals surface area contributed by atoms with E-state index in [1.54, 1.807) is 11.1 Å². The second kappa shape index (κ2) is 10.9. The second-order valence-electron chi connectivity index (χ2n) is 16.8. The fraction of sp³-hybridized carbons (Fsp3) is 0.292. The van der Waals surface area contributed by atoms with Gasteiger partial charge >= 0.3 is 0 Å². The number of hydrogen-bond donors (Lipinski definition) is 0. The Labute approximate surface area is 298 Å². The van der Waals surface area contributed by atoms with Crippen LogP contribution in [0.25, 0.3) is 60.5 Å². The van der Waals surface area contributed by atoms with Gasteiger partial charge in [0.2, 0.25) is 0 Å². The van der Waals surface area contributed by atoms with Gasteiger partial charge in [-0.05, 0) is 166 Å². The summed E-state index contributed by atoms with van der Waals surface area (Å²) in [6.45, 7) is 5.08. The van der Waals surface area contributed by atoms with E-state index < -0.39 is 10.0 Å². The van der Waals surface area contributed by atoms with Crippen molar-refractivity contribution < 1.29 is 0 Å². The molecule has 250 valence electrons. The van der Waals surface area contributed by atoms with Crippen molar-refractivity contribution in [1.82, 2.24) is 4.57 Å². The number of aromatic nitrogens is 1. The molecule has 1 aromatic heterocycles. The average molecular weight is 670 g/mol. The molecule has 1 spiro atoms. The molecule has 2 bridgehead atoms. The first kappa shape index (κ1) is 30.5. The van der Waals surface area contributed by atoms with E-state index in [1.165, 1.54) is 91.1 Å². The van der Waals surface area contributed by atoms with Crippen molar-refractivity contribution >= 4 is 42.6 Å². The van der Waals surface area contributed by atoms with Gasteiger partial charge in [0.25, 0.3) is 0 Å². The number of rotatable bonds is 3. The van der Waals surface area contributed by atoms with Gasteiger partial charge in [-0.1, -0.05) is 86.6 Å². The molecule has 0 saturated heterocycles. The van der Waals surface area contributed by atoms with E-state index in [0.717, 1.165) is 17.8 Å². The van der Waals surface area contributed by atoms with Crippen molar-refractivity contribution in [3.63, 3.8) is 0 Å². The molecule has 10 rings (SSSR count). The van der Waals surface area contributed by atoms with Gasteiger partial charge in [-0.2, -0.15) is 0 Å². The smallest absolute Gasteiger partial charge is 0.0547 e. The summed E-state index contributed by atoms with van der Waals surface area (Å²) in [7, 11) is -0.790. The Hall–Kier alpha value is -4.27. The molecule has 3 aliphatic carbocycles. The van der Waals surface area contributed by atoms with E-state index in [2.05, 4.69) is 159 Å². The molecule has 0 N–H and O–H groups in total. The fourth-order valence-electron chi connectivity index (χ4n) is 11.2. The van der Waals surface area contributed by atoms with Crippen molar-refractivity contribution in [1.29, 1.82) is 0 Å². The standard InChI is InChI=1S/C48H47NS/c1-30-24-32-26-31(2)48(36(25-30)27-32)43-13-9-8-12-40(43)41-28-34(14-21-44(41)48)35-16-22-45-42(29-35)47-39-11-7-6-10-33(39)15-23-46(47)49(45)37-17-19-38(20-18-37)50(3,4)5/h6-23,28-32,36H,24-27H2,1-5H3. The summed E-state index contributed by atoms with van der Waals surface area (Å²) in [4.78, 5) is 1.44. The van der Waals surface area contributed by atoms with E-state index in [1.807, 2.05) is 0 Å². The topological polar surface area (TPSA) is 4.93 Å². The second-order valence-corrected chi connectivity index (χ2v) is 20.9. The highest BCUT2D eigenvalue weighted by molar-refractivity contribution is 8.32. The minimum absolute atomic E-state index is 0.135. The van der Waals surface area contributed by atoms with E-state index in [-0.39, 0.29) is 5.41 Å². The predicted octanol–water partition coefficient (Wildman–Crippen LogP) is 13.0. The van der Waals surface area contributed by atoms with Crippen LogP contribution in [0, 0.1) is 23.7 Å². The lowest BCUT2D eigenvalue weighted by molar-refractivity contribution is 0.0426. The molecule has 7 aromatic rings. The largest absolute Gasteiger partial charge is 0.309 e. The normalized spacial score (nSPS) is 24.6. The SMILES string of the molecule is CC1CC2CC(C)C3(c4ccccc4-c4cc(-c5ccc6c(c5)c5c7ccccc7ccc5n6-c5ccc(S(C)(C)C)cc5)ccc43)C(C1)C2. The molecule has 2 heteroatoms. The Morgan fingerprint density at radius 1 is 0.600 bits per heavy atom. The van der Waals surface area contributed by atoms with Gasteiger partial charge in [0, 0.05) is 21.9 Å². The van der Waals surface area contributed by atoms with Crippen molar-refractivity contribution in [3.8, 4) is 27.9 Å². The van der Waals surface area contributed by atoms with Gasteiger partial charge < -0.3 is 4.57 Å². The van der Waals surface area contributed by atoms with Crippen molar-refractivity contribution in [3.05, 3.63) is 132 Å². The van der Waals surface area contributed by atoms with Crippen LogP contribution in [0.5, 0.6) is 0 Å². The molecule has 1 nitrogen and oxygen atoms in total. The lowest BCUT2D eigenvalue weighted by atomic mass is 9.49. The number of benzene rings is 6. The highest BCUT2D eigenvalue weighted by Gasteiger charge is 2.56. The van der Waals surface area contributed by atoms with Crippen molar-refractivity contribution in [2.75, 3.05) is 18.8 Å². The van der Waals surface area contributed by atoms with Crippen LogP contribution in [-0.2, 0) is 5.41 Å². The zero-order valence-electron chi connectivity index (χ0n) is 30.0. The minimum Gasteiger partial charge on any atom is -0.309 e. The number of fused-ring (bicyclic) bond motifs is 13. The lowest BCUT2D eigenvalue weighted by Gasteiger charge is -2.54. The molecule has 2 saturated carbocycles. The molecule has 1 heterocycles. The van der Waals surface area contributed by atoms with Gasteiger partial charge in [0.05, 0.1) is 11.0 Å². The number of nitrogens with zero attached hydrogens (tertiary/aromatic N) is 1. The Morgan fingerprint density at radius 2 is 1.32 bits per heavy atom. The maximum Gasteiger partial charge on any atom is 0.0547 e. The summed E-state index contributed by atoms with van der Waals surface area (Å²) in [5, 5.41) is 5.27. The van der Waals surface area contributed by atoms with Crippen molar-refractivity contribution in [2.45, 2.75) is 49.8 Å². The molecule has 50 heavy (non-hydrogen) atoms. The van der Waals surface area contributed by atoms with Gasteiger partial charge in [-0.25, -0.2) is 10.0 Å². The highest BCUT2D eigenvalue weighted by atomic mass is 32.3. The zero-order valence-corrected chi connectivity index (χ0v) is 30.9. The third-order valence-electron chi connectivity index (χ3n) is 13.1. The quantitative estimate of drug-likeness (QED) is 0.176. The molecule has 5 atom stereocenters. The fourth-order valence-corrected chi connectivity index (χ4v) is 12.1. The Morgan fingerprint density at radius 3 is 2.16 bits per heavy atom. The van der Waals surface area contributed by atoms with Crippen LogP contribution in [0.2, 0.25) is 0 Å². The molecule has 2 fully saturated rings. The van der Waals surface area contributed by atoms with Crippen LogP contribution < -0.4 is 0 Å². The van der Waals surface area contributed by atoms with Gasteiger partial charge in [0.15, 0.2) is 0 Å². The molecule has 0 amide bonds. The Bertz CT molecular complexity index is 2470. The maximum absolute atomic E-state index is 2.57. The van der Waals surface area contributed by atoms with Crippen LogP contribution >= 0.6 is 10.0 Å². The summed E-state index contributed by atoms with van der Waals surface area (Å²) in [5.41, 5.74) is 12.6. The monoisotopic (exact) mass is 669 g/mol. The van der Waals surface area contributed by atoms with E-state index in [9.17, 15) is 0 Å². The Balaban J connectivity index is 1.17. The first-order valence-corrected chi connectivity index (χ1v) is 21.6. The molecular formula is C48H47NS. The van der Waals surface area contributed by atoms with Crippen LogP contribution in [0.3, 0.4) is 0 Å². The Kier molecular flexibility index (Phi) is 6.64. The summed E-state index contributed by atoms with van der Waals surface area (Å²) in [6.07, 6.45) is 12.6. The summed E-state index contributed by atoms with van der Waals surface area (Å²) >= 11 is 0. The third kappa shape index (κ3) is 4.27. The van der Waals surface area contributed by atoms with Gasteiger partial charge in [0.1, 0.15) is 0 Å². The van der Waals surface area contributed by atoms with Crippen LogP contribution in [-0.4, -0.2) is 23.3 Å². The molecular weight excluding hydrogens is 623 g/mol. The molecule has 0 aliphatic heterocycles. The van der Waals surface area contributed by atoms with Crippen LogP contribution in [0.1, 0.15) is 50.7 Å². The van der Waals surface area contributed by atoms with Crippen LogP contribution in [0.15, 0.2) is 126 Å². The van der Waals surface area contributed by atoms with E-state index >= 15 is 0 Å². The van der Waals surface area contributed by atoms with Crippen LogP contribution in [0.4, 0.5) is 0 Å². The highest BCUT2D eigenvalue weighted by Crippen LogP contribution is 2.64. The zero-order chi connectivity index (χ0) is 33.9. The van der Waals surface area contributed by atoms with Gasteiger partial charge in [-0.3, -0.25) is 0 Å². The minimum atomic E-state index is -0.790. The lowest BCUT2D eigenvalue weighted by Crippen LogP contribution is -2.49. The predicted molar refractivity (Wildman–Crippen MR) is 217 cm³/mol. The molecule has 3 aliphatic rings.